The fraction of sp³-hybridized carbons (Fsp3) is 1.00. The standard InChI is InChI=1S/C4H11N.CH5N/c1-2-3-4-5;1-2/h2-5H2,1H3;2H2,1H3. The third-order valence-corrected chi connectivity index (χ3v) is 0.558. The van der Waals surface area contributed by atoms with Gasteiger partial charge in [0, 0.05) is 0 Å². The van der Waals surface area contributed by atoms with E-state index in [2.05, 4.69) is 12.7 Å². The minimum Gasteiger partial charge on any atom is -0.333 e. The highest BCUT2D eigenvalue weighted by molar-refractivity contribution is 4.29. The molecule has 0 aromatic rings. The molecule has 0 radical (unpaired) electrons. The Bertz CT molecular complexity index is 13.6. The summed E-state index contributed by atoms with van der Waals surface area (Å²) in [7, 11) is 1.50. The van der Waals surface area contributed by atoms with E-state index in [9.17, 15) is 0 Å². The van der Waals surface area contributed by atoms with Crippen molar-refractivity contribution in [1.82, 2.24) is 0 Å². The minimum absolute atomic E-state index is 0.844. The van der Waals surface area contributed by atoms with Crippen molar-refractivity contribution in [2.24, 2.45) is 11.5 Å². The first-order valence-electron chi connectivity index (χ1n) is 2.69. The zero-order valence-electron chi connectivity index (χ0n) is 5.28. The second kappa shape index (κ2) is 16.8. The molecule has 0 bridgehead atoms. The lowest BCUT2D eigenvalue weighted by Crippen LogP contribution is -1.95. The maximum absolute atomic E-state index is 5.14. The molecule has 4 N–H and O–H groups in total. The number of rotatable bonds is 2. The number of unbranched alkanes of at least 4 members (excludes halogenated alkanes) is 1. The number of hydrogen-bond acceptors (Lipinski definition) is 2. The maximum atomic E-state index is 5.14. The summed E-state index contributed by atoms with van der Waals surface area (Å²) in [5.74, 6) is 0. The van der Waals surface area contributed by atoms with Crippen LogP contribution < -0.4 is 11.5 Å². The van der Waals surface area contributed by atoms with E-state index >= 15 is 0 Å². The Morgan fingerprint density at radius 1 is 1.29 bits per heavy atom. The summed E-state index contributed by atoms with van der Waals surface area (Å²) in [5, 5.41) is 0. The molecule has 0 aliphatic carbocycles. The van der Waals surface area contributed by atoms with Crippen molar-refractivity contribution in [3.8, 4) is 0 Å². The van der Waals surface area contributed by atoms with E-state index in [4.69, 9.17) is 5.73 Å². The van der Waals surface area contributed by atoms with Crippen LogP contribution in [0.1, 0.15) is 19.8 Å². The van der Waals surface area contributed by atoms with Gasteiger partial charge in [-0.3, -0.25) is 0 Å². The summed E-state index contributed by atoms with van der Waals surface area (Å²) in [6.07, 6.45) is 2.39. The van der Waals surface area contributed by atoms with Crippen molar-refractivity contribution < 1.29 is 0 Å². The van der Waals surface area contributed by atoms with Gasteiger partial charge in [0.15, 0.2) is 0 Å². The maximum Gasteiger partial charge on any atom is -0.00774 e. The van der Waals surface area contributed by atoms with Gasteiger partial charge < -0.3 is 11.5 Å². The molecule has 0 spiro atoms. The smallest absolute Gasteiger partial charge is 0.00774 e. The van der Waals surface area contributed by atoms with Gasteiger partial charge in [-0.05, 0) is 20.0 Å². The van der Waals surface area contributed by atoms with Crippen molar-refractivity contribution >= 4 is 0 Å². The highest BCUT2D eigenvalue weighted by Gasteiger charge is 1.67. The van der Waals surface area contributed by atoms with Crippen LogP contribution in [0.15, 0.2) is 0 Å². The molecule has 0 saturated heterocycles. The van der Waals surface area contributed by atoms with Gasteiger partial charge in [-0.25, -0.2) is 0 Å². The highest BCUT2D eigenvalue weighted by Crippen LogP contribution is 1.77. The van der Waals surface area contributed by atoms with Crippen LogP contribution in [-0.4, -0.2) is 13.6 Å². The summed E-state index contributed by atoms with van der Waals surface area (Å²) < 4.78 is 0. The Hall–Kier alpha value is -0.0800. The zero-order valence-corrected chi connectivity index (χ0v) is 5.28. The van der Waals surface area contributed by atoms with E-state index in [1.165, 1.54) is 19.9 Å². The predicted molar refractivity (Wildman–Crippen MR) is 34.1 cm³/mol. The summed E-state index contributed by atoms with van der Waals surface area (Å²) in [4.78, 5) is 0. The fourth-order valence-electron chi connectivity index (χ4n) is 0.204. The van der Waals surface area contributed by atoms with Crippen LogP contribution in [0.2, 0.25) is 0 Å². The Kier molecular flexibility index (Phi) is 24.1. The lowest BCUT2D eigenvalue weighted by Gasteiger charge is -1.80. The second-order valence-corrected chi connectivity index (χ2v) is 1.14. The predicted octanol–water partition coefficient (Wildman–Crippen LogP) is 0.320. The van der Waals surface area contributed by atoms with Gasteiger partial charge in [0.2, 0.25) is 0 Å². The van der Waals surface area contributed by atoms with Crippen molar-refractivity contribution in [2.45, 2.75) is 19.8 Å². The third kappa shape index (κ3) is 24.7. The minimum atomic E-state index is 0.844. The van der Waals surface area contributed by atoms with Crippen LogP contribution in [0.3, 0.4) is 0 Å². The van der Waals surface area contributed by atoms with Crippen LogP contribution in [0.4, 0.5) is 0 Å². The van der Waals surface area contributed by atoms with Crippen LogP contribution in [0.5, 0.6) is 0 Å². The van der Waals surface area contributed by atoms with Gasteiger partial charge in [-0.15, -0.1) is 0 Å². The molecule has 0 saturated carbocycles. The van der Waals surface area contributed by atoms with Gasteiger partial charge in [0.1, 0.15) is 0 Å². The first kappa shape index (κ1) is 10.0. The van der Waals surface area contributed by atoms with Gasteiger partial charge in [-0.2, -0.15) is 0 Å². The van der Waals surface area contributed by atoms with Crippen LogP contribution in [-0.2, 0) is 0 Å². The molecule has 46 valence electrons. The van der Waals surface area contributed by atoms with Gasteiger partial charge in [-0.1, -0.05) is 13.3 Å². The van der Waals surface area contributed by atoms with E-state index in [0.29, 0.717) is 0 Å². The fourth-order valence-corrected chi connectivity index (χ4v) is 0.204. The molecule has 2 heteroatoms. The summed E-state index contributed by atoms with van der Waals surface area (Å²) in [5.41, 5.74) is 9.64. The molecule has 0 heterocycles. The molecule has 0 aromatic heterocycles. The van der Waals surface area contributed by atoms with Crippen molar-refractivity contribution in [1.29, 1.82) is 0 Å². The first-order chi connectivity index (χ1) is 3.41. The lowest BCUT2D eigenvalue weighted by atomic mass is 10.3. The molecule has 0 fully saturated rings. The molecule has 0 amide bonds. The SMILES string of the molecule is CCCCN.CN. The van der Waals surface area contributed by atoms with Crippen molar-refractivity contribution in [3.63, 3.8) is 0 Å². The monoisotopic (exact) mass is 104 g/mol. The molecule has 0 aromatic carbocycles. The van der Waals surface area contributed by atoms with E-state index in [-0.39, 0.29) is 0 Å². The molecular weight excluding hydrogens is 88.1 g/mol. The van der Waals surface area contributed by atoms with Crippen molar-refractivity contribution in [2.75, 3.05) is 13.6 Å². The zero-order chi connectivity index (χ0) is 6.12. The van der Waals surface area contributed by atoms with E-state index in [1.807, 2.05) is 0 Å². The van der Waals surface area contributed by atoms with E-state index in [1.54, 1.807) is 0 Å². The van der Waals surface area contributed by atoms with Crippen LogP contribution in [0, 0.1) is 0 Å². The number of hydrogen-bond donors (Lipinski definition) is 2. The molecule has 0 unspecified atom stereocenters. The molecule has 7 heavy (non-hydrogen) atoms. The summed E-state index contributed by atoms with van der Waals surface area (Å²) >= 11 is 0. The van der Waals surface area contributed by atoms with Gasteiger partial charge >= 0.3 is 0 Å². The first-order valence-corrected chi connectivity index (χ1v) is 2.69. The average molecular weight is 104 g/mol. The molecular formula is C5H16N2. The quantitative estimate of drug-likeness (QED) is 0.530. The van der Waals surface area contributed by atoms with Crippen molar-refractivity contribution in [3.05, 3.63) is 0 Å². The topological polar surface area (TPSA) is 52.0 Å². The molecule has 0 atom stereocenters. The van der Waals surface area contributed by atoms with E-state index in [0.717, 1.165) is 6.54 Å². The molecule has 0 aliphatic heterocycles. The lowest BCUT2D eigenvalue weighted by molar-refractivity contribution is 0.807. The van der Waals surface area contributed by atoms with E-state index < -0.39 is 0 Å². The summed E-state index contributed by atoms with van der Waals surface area (Å²) in [6, 6.07) is 0. The molecule has 0 rings (SSSR count). The second-order valence-electron chi connectivity index (χ2n) is 1.14. The number of nitrogens with two attached hydrogens (primary N) is 2. The highest BCUT2D eigenvalue weighted by atomic mass is 14.5. The average Bonchev–Trinajstić information content (AvgIpc) is 1.75. The Labute approximate surface area is 45.9 Å². The van der Waals surface area contributed by atoms with Crippen LogP contribution >= 0.6 is 0 Å². The Morgan fingerprint density at radius 2 is 1.71 bits per heavy atom. The largest absolute Gasteiger partial charge is 0.333 e. The normalized spacial score (nSPS) is 6.86. The Morgan fingerprint density at radius 3 is 1.71 bits per heavy atom. The molecule has 0 aliphatic rings. The summed E-state index contributed by atoms with van der Waals surface area (Å²) in [6.45, 7) is 2.98. The van der Waals surface area contributed by atoms with Gasteiger partial charge in [0.05, 0.1) is 0 Å². The third-order valence-electron chi connectivity index (χ3n) is 0.558. The van der Waals surface area contributed by atoms with Crippen LogP contribution in [0.25, 0.3) is 0 Å². The molecule has 2 nitrogen and oxygen atoms in total. The Balaban J connectivity index is 0. The van der Waals surface area contributed by atoms with Gasteiger partial charge in [0.25, 0.3) is 0 Å².